The number of thioether (sulfide) groups is 1. The molecular formula is C15H17N3S. The topological polar surface area (TPSA) is 37.8 Å². The van der Waals surface area contributed by atoms with Crippen LogP contribution >= 0.6 is 11.8 Å². The number of anilines is 1. The van der Waals surface area contributed by atoms with Crippen LogP contribution < -0.4 is 5.32 Å². The normalized spacial score (nSPS) is 13.4. The Kier molecular flexibility index (Phi) is 3.42. The molecule has 0 saturated carbocycles. The molecule has 1 aliphatic rings. The Hall–Kier alpha value is -1.55. The Balaban J connectivity index is 2.04. The van der Waals surface area contributed by atoms with Gasteiger partial charge >= 0.3 is 0 Å². The number of aromatic nitrogens is 2. The standard InChI is InChI=1S/C15H17N3S/c1-3-10-4-6-11(7-5-10)14-17-13-9-19-8-12(13)15(16-2)18-14/h4-7H,3,8-9H2,1-2H3,(H,16,17,18). The quantitative estimate of drug-likeness (QED) is 0.927. The second-order valence-electron chi connectivity index (χ2n) is 4.61. The monoisotopic (exact) mass is 271 g/mol. The molecule has 0 bridgehead atoms. The van der Waals surface area contributed by atoms with Gasteiger partial charge in [-0.05, 0) is 12.0 Å². The van der Waals surface area contributed by atoms with Gasteiger partial charge in [-0.2, -0.15) is 11.8 Å². The molecule has 1 aliphatic heterocycles. The number of aryl methyl sites for hydroxylation is 1. The number of rotatable bonds is 3. The maximum absolute atomic E-state index is 4.72. The molecule has 0 fully saturated rings. The van der Waals surface area contributed by atoms with Gasteiger partial charge in [-0.15, -0.1) is 0 Å². The number of benzene rings is 1. The van der Waals surface area contributed by atoms with Crippen LogP contribution in [0.5, 0.6) is 0 Å². The summed E-state index contributed by atoms with van der Waals surface area (Å²) in [5.74, 6) is 3.81. The lowest BCUT2D eigenvalue weighted by Crippen LogP contribution is -2.03. The molecule has 0 unspecified atom stereocenters. The summed E-state index contributed by atoms with van der Waals surface area (Å²) in [7, 11) is 1.93. The van der Waals surface area contributed by atoms with Crippen molar-refractivity contribution in [2.75, 3.05) is 12.4 Å². The molecule has 98 valence electrons. The van der Waals surface area contributed by atoms with Crippen LogP contribution in [0, 0.1) is 0 Å². The molecule has 0 saturated heterocycles. The van der Waals surface area contributed by atoms with E-state index in [4.69, 9.17) is 4.98 Å². The number of nitrogens with zero attached hydrogens (tertiary/aromatic N) is 2. The Labute approximate surface area is 117 Å². The zero-order chi connectivity index (χ0) is 13.2. The van der Waals surface area contributed by atoms with Gasteiger partial charge < -0.3 is 5.32 Å². The van der Waals surface area contributed by atoms with E-state index < -0.39 is 0 Å². The highest BCUT2D eigenvalue weighted by molar-refractivity contribution is 7.98. The van der Waals surface area contributed by atoms with Crippen LogP contribution in [0.4, 0.5) is 5.82 Å². The van der Waals surface area contributed by atoms with E-state index in [1.165, 1.54) is 16.8 Å². The van der Waals surface area contributed by atoms with Crippen LogP contribution in [0.2, 0.25) is 0 Å². The van der Waals surface area contributed by atoms with Crippen molar-refractivity contribution in [3.63, 3.8) is 0 Å². The summed E-state index contributed by atoms with van der Waals surface area (Å²) < 4.78 is 0. The minimum Gasteiger partial charge on any atom is -0.373 e. The summed E-state index contributed by atoms with van der Waals surface area (Å²) in [5.41, 5.74) is 4.88. The highest BCUT2D eigenvalue weighted by atomic mass is 32.2. The molecule has 1 N–H and O–H groups in total. The van der Waals surface area contributed by atoms with Crippen molar-refractivity contribution in [2.24, 2.45) is 0 Å². The maximum Gasteiger partial charge on any atom is 0.161 e. The van der Waals surface area contributed by atoms with Gasteiger partial charge in [0.25, 0.3) is 0 Å². The van der Waals surface area contributed by atoms with Crippen LogP contribution in [0.25, 0.3) is 11.4 Å². The smallest absolute Gasteiger partial charge is 0.161 e. The Morgan fingerprint density at radius 3 is 2.63 bits per heavy atom. The minimum absolute atomic E-state index is 0.827. The summed E-state index contributed by atoms with van der Waals surface area (Å²) >= 11 is 1.90. The fourth-order valence-electron chi connectivity index (χ4n) is 2.28. The minimum atomic E-state index is 0.827. The zero-order valence-electron chi connectivity index (χ0n) is 11.2. The fraction of sp³-hybridized carbons (Fsp3) is 0.333. The van der Waals surface area contributed by atoms with Crippen molar-refractivity contribution in [3.05, 3.63) is 41.1 Å². The highest BCUT2D eigenvalue weighted by Gasteiger charge is 2.19. The first kappa shape index (κ1) is 12.5. The van der Waals surface area contributed by atoms with Gasteiger partial charge in [-0.1, -0.05) is 31.2 Å². The van der Waals surface area contributed by atoms with Crippen molar-refractivity contribution in [1.82, 2.24) is 9.97 Å². The molecule has 0 aliphatic carbocycles. The van der Waals surface area contributed by atoms with E-state index in [1.807, 2.05) is 18.8 Å². The number of hydrogen-bond acceptors (Lipinski definition) is 4. The van der Waals surface area contributed by atoms with Crippen LogP contribution in [-0.4, -0.2) is 17.0 Å². The average molecular weight is 271 g/mol. The van der Waals surface area contributed by atoms with Crippen LogP contribution in [0.1, 0.15) is 23.7 Å². The molecule has 3 nitrogen and oxygen atoms in total. The third-order valence-corrected chi connectivity index (χ3v) is 4.41. The molecule has 4 heteroatoms. The van der Waals surface area contributed by atoms with Crippen molar-refractivity contribution in [2.45, 2.75) is 24.9 Å². The molecule has 19 heavy (non-hydrogen) atoms. The lowest BCUT2D eigenvalue weighted by atomic mass is 10.1. The lowest BCUT2D eigenvalue weighted by Gasteiger charge is -2.09. The molecule has 1 aromatic heterocycles. The summed E-state index contributed by atoms with van der Waals surface area (Å²) in [4.78, 5) is 9.37. The summed E-state index contributed by atoms with van der Waals surface area (Å²) in [6.07, 6.45) is 1.06. The van der Waals surface area contributed by atoms with E-state index in [0.29, 0.717) is 0 Å². The van der Waals surface area contributed by atoms with Gasteiger partial charge in [0.15, 0.2) is 5.82 Å². The molecule has 0 atom stereocenters. The second-order valence-corrected chi connectivity index (χ2v) is 5.60. The summed E-state index contributed by atoms with van der Waals surface area (Å²) in [6, 6.07) is 8.53. The van der Waals surface area contributed by atoms with Crippen LogP contribution in [0.15, 0.2) is 24.3 Å². The molecule has 2 aromatic rings. The van der Waals surface area contributed by atoms with Crippen molar-refractivity contribution in [3.8, 4) is 11.4 Å². The molecular weight excluding hydrogens is 254 g/mol. The molecule has 2 heterocycles. The van der Waals surface area contributed by atoms with Crippen molar-refractivity contribution < 1.29 is 0 Å². The van der Waals surface area contributed by atoms with Crippen LogP contribution in [0.3, 0.4) is 0 Å². The Morgan fingerprint density at radius 2 is 1.95 bits per heavy atom. The Bertz CT molecular complexity index is 593. The summed E-state index contributed by atoms with van der Waals surface area (Å²) in [6.45, 7) is 2.16. The zero-order valence-corrected chi connectivity index (χ0v) is 12.0. The largest absolute Gasteiger partial charge is 0.373 e. The third-order valence-electron chi connectivity index (χ3n) is 3.44. The van der Waals surface area contributed by atoms with E-state index in [2.05, 4.69) is 41.5 Å². The van der Waals surface area contributed by atoms with E-state index in [1.54, 1.807) is 0 Å². The predicted molar refractivity (Wildman–Crippen MR) is 81.4 cm³/mol. The van der Waals surface area contributed by atoms with E-state index in [0.717, 1.165) is 35.1 Å². The van der Waals surface area contributed by atoms with Gasteiger partial charge in [0.05, 0.1) is 5.69 Å². The van der Waals surface area contributed by atoms with Crippen molar-refractivity contribution in [1.29, 1.82) is 0 Å². The number of fused-ring (bicyclic) bond motifs is 1. The molecule has 3 rings (SSSR count). The molecule has 0 amide bonds. The number of hydrogen-bond donors (Lipinski definition) is 1. The molecule has 1 aromatic carbocycles. The maximum atomic E-state index is 4.72. The van der Waals surface area contributed by atoms with Gasteiger partial charge in [0, 0.05) is 29.7 Å². The lowest BCUT2D eigenvalue weighted by molar-refractivity contribution is 1.07. The fourth-order valence-corrected chi connectivity index (χ4v) is 3.32. The SMILES string of the molecule is CCc1ccc(-c2nc3c(c(NC)n2)CSC3)cc1. The van der Waals surface area contributed by atoms with Gasteiger partial charge in [-0.25, -0.2) is 9.97 Å². The third kappa shape index (κ3) is 2.32. The van der Waals surface area contributed by atoms with E-state index in [-0.39, 0.29) is 0 Å². The predicted octanol–water partition coefficient (Wildman–Crippen LogP) is 3.49. The highest BCUT2D eigenvalue weighted by Crippen LogP contribution is 2.34. The first-order valence-corrected chi connectivity index (χ1v) is 7.72. The average Bonchev–Trinajstić information content (AvgIpc) is 2.94. The van der Waals surface area contributed by atoms with Gasteiger partial charge in [-0.3, -0.25) is 0 Å². The van der Waals surface area contributed by atoms with Crippen LogP contribution in [-0.2, 0) is 17.9 Å². The van der Waals surface area contributed by atoms with Gasteiger partial charge in [0.1, 0.15) is 5.82 Å². The van der Waals surface area contributed by atoms with E-state index >= 15 is 0 Å². The van der Waals surface area contributed by atoms with E-state index in [9.17, 15) is 0 Å². The first-order valence-electron chi connectivity index (χ1n) is 6.56. The van der Waals surface area contributed by atoms with Gasteiger partial charge in [0.2, 0.25) is 0 Å². The van der Waals surface area contributed by atoms with Crippen molar-refractivity contribution >= 4 is 17.6 Å². The summed E-state index contributed by atoms with van der Waals surface area (Å²) in [5, 5.41) is 3.20. The first-order chi connectivity index (χ1) is 9.31. The number of nitrogens with one attached hydrogen (secondary N) is 1. The molecule has 0 spiro atoms. The molecule has 0 radical (unpaired) electrons. The Morgan fingerprint density at radius 1 is 1.16 bits per heavy atom. The second kappa shape index (κ2) is 5.21.